The van der Waals surface area contributed by atoms with Gasteiger partial charge in [-0.25, -0.2) is 17.9 Å². The van der Waals surface area contributed by atoms with Crippen molar-refractivity contribution in [3.63, 3.8) is 0 Å². The molecule has 5 nitrogen and oxygen atoms in total. The van der Waals surface area contributed by atoms with Crippen LogP contribution in [-0.4, -0.2) is 33.0 Å². The van der Waals surface area contributed by atoms with Gasteiger partial charge in [0.2, 0.25) is 0 Å². The summed E-state index contributed by atoms with van der Waals surface area (Å²) in [6.07, 6.45) is 1.07. The van der Waals surface area contributed by atoms with Crippen molar-refractivity contribution in [2.45, 2.75) is 24.8 Å². The van der Waals surface area contributed by atoms with Crippen molar-refractivity contribution in [1.29, 1.82) is 0 Å². The van der Waals surface area contributed by atoms with Gasteiger partial charge in [-0.1, -0.05) is 0 Å². The summed E-state index contributed by atoms with van der Waals surface area (Å²) in [6.45, 7) is -0.203. The molecule has 0 saturated heterocycles. The molecule has 1 rings (SSSR count). The van der Waals surface area contributed by atoms with Gasteiger partial charge in [0, 0.05) is 17.3 Å². The maximum atomic E-state index is 12.1. The quantitative estimate of drug-likeness (QED) is 0.189. The lowest BCUT2D eigenvalue weighted by Crippen LogP contribution is -2.36. The van der Waals surface area contributed by atoms with Crippen molar-refractivity contribution < 1.29 is 31.1 Å². The van der Waals surface area contributed by atoms with Crippen LogP contribution < -0.4 is 4.72 Å². The van der Waals surface area contributed by atoms with E-state index in [9.17, 15) is 26.4 Å². The normalized spacial score (nSPS) is 12.2. The summed E-state index contributed by atoms with van der Waals surface area (Å²) in [4.78, 5) is 12.1. The number of esters is 1. The Morgan fingerprint density at radius 3 is 2.36 bits per heavy atom. The number of unbranched alkanes of at least 4 members (excludes halogenated alkanes) is 2. The lowest BCUT2D eigenvalue weighted by Gasteiger charge is -2.10. The van der Waals surface area contributed by atoms with E-state index >= 15 is 0 Å². The van der Waals surface area contributed by atoms with Gasteiger partial charge in [0.25, 0.3) is 0 Å². The largest absolute Gasteiger partial charge is 0.511 e. The number of ether oxygens (including phenoxy) is 1. The number of hydrogen-bond donors (Lipinski definition) is 1. The highest BCUT2D eigenvalue weighted by Crippen LogP contribution is 2.24. The van der Waals surface area contributed by atoms with E-state index < -0.39 is 21.5 Å². The van der Waals surface area contributed by atoms with Gasteiger partial charge < -0.3 is 4.74 Å². The minimum atomic E-state index is -5.30. The zero-order valence-corrected chi connectivity index (χ0v) is 19.8. The highest BCUT2D eigenvalue weighted by Gasteiger charge is 2.45. The zero-order chi connectivity index (χ0) is 19.3. The van der Waals surface area contributed by atoms with Crippen LogP contribution >= 0.6 is 67.8 Å². The molecule has 0 heterocycles. The van der Waals surface area contributed by atoms with Crippen molar-refractivity contribution in [2.24, 2.45) is 0 Å². The first-order chi connectivity index (χ1) is 11.5. The second kappa shape index (κ2) is 10.2. The molecule has 25 heavy (non-hydrogen) atoms. The van der Waals surface area contributed by atoms with E-state index in [4.69, 9.17) is 4.74 Å². The Hall–Kier alpha value is 0.580. The number of nitrogens with one attached hydrogen (secondary N) is 1. The third-order valence-electron chi connectivity index (χ3n) is 2.86. The number of carbonyl (C=O) groups excluding carboxylic acids is 1. The fourth-order valence-corrected chi connectivity index (χ4v) is 4.59. The zero-order valence-electron chi connectivity index (χ0n) is 12.5. The van der Waals surface area contributed by atoms with E-state index in [1.807, 2.05) is 6.07 Å². The molecule has 0 aromatic heterocycles. The summed E-state index contributed by atoms with van der Waals surface area (Å²) in [5.41, 5.74) is -4.83. The summed E-state index contributed by atoms with van der Waals surface area (Å²) in [5, 5.41) is 0. The molecule has 1 aromatic carbocycles. The Kier molecular flexibility index (Phi) is 9.65. The standard InChI is InChI=1S/C13H13F3I3NO4S/c14-13(15,16)25(22,23)20-4-2-1-3-5-24-12(21)9-6-8(17)7-10(18)11(9)19/h6-7,20H,1-5H2. The number of carbonyl (C=O) groups is 1. The van der Waals surface area contributed by atoms with Gasteiger partial charge in [0.05, 0.1) is 12.2 Å². The first-order valence-electron chi connectivity index (χ1n) is 6.83. The number of benzene rings is 1. The summed E-state index contributed by atoms with van der Waals surface area (Å²) in [6, 6.07) is 3.65. The minimum Gasteiger partial charge on any atom is -0.462 e. The topological polar surface area (TPSA) is 72.5 Å². The van der Waals surface area contributed by atoms with Crippen LogP contribution in [-0.2, 0) is 14.8 Å². The molecule has 12 heteroatoms. The van der Waals surface area contributed by atoms with E-state index in [0.717, 1.165) is 10.7 Å². The summed E-state index contributed by atoms with van der Waals surface area (Å²) in [7, 11) is -5.29. The van der Waals surface area contributed by atoms with Gasteiger partial charge in [-0.15, -0.1) is 0 Å². The van der Waals surface area contributed by atoms with Crippen molar-refractivity contribution in [1.82, 2.24) is 4.72 Å². The van der Waals surface area contributed by atoms with Crippen molar-refractivity contribution in [2.75, 3.05) is 13.2 Å². The van der Waals surface area contributed by atoms with Crippen LogP contribution in [0.4, 0.5) is 13.2 Å². The molecule has 0 bridgehead atoms. The highest BCUT2D eigenvalue weighted by atomic mass is 127. The first-order valence-corrected chi connectivity index (χ1v) is 11.6. The third kappa shape index (κ3) is 7.61. The number of alkyl halides is 3. The van der Waals surface area contributed by atoms with Crippen LogP contribution in [0.3, 0.4) is 0 Å². The molecular weight excluding hydrogens is 704 g/mol. The van der Waals surface area contributed by atoms with Crippen LogP contribution in [0.15, 0.2) is 12.1 Å². The fraction of sp³-hybridized carbons (Fsp3) is 0.462. The van der Waals surface area contributed by atoms with Gasteiger partial charge in [-0.3, -0.25) is 0 Å². The van der Waals surface area contributed by atoms with E-state index in [1.54, 1.807) is 6.07 Å². The summed E-state index contributed by atoms with van der Waals surface area (Å²) in [5.74, 6) is -0.460. The molecule has 0 aliphatic rings. The predicted molar refractivity (Wildman–Crippen MR) is 112 cm³/mol. The summed E-state index contributed by atoms with van der Waals surface area (Å²) < 4.78 is 67.1. The molecule has 0 atom stereocenters. The van der Waals surface area contributed by atoms with E-state index in [1.165, 1.54) is 4.72 Å². The Labute approximate surface area is 184 Å². The molecule has 0 fully saturated rings. The summed E-state index contributed by atoms with van der Waals surface area (Å²) >= 11 is 6.29. The Bertz CT molecular complexity index is 726. The van der Waals surface area contributed by atoms with Crippen LogP contribution in [0.1, 0.15) is 29.6 Å². The van der Waals surface area contributed by atoms with Gasteiger partial charge in [0.15, 0.2) is 0 Å². The lowest BCUT2D eigenvalue weighted by atomic mass is 10.2. The van der Waals surface area contributed by atoms with Gasteiger partial charge in [-0.2, -0.15) is 13.2 Å². The maximum Gasteiger partial charge on any atom is 0.511 e. The third-order valence-corrected chi connectivity index (χ3v) is 7.73. The maximum absolute atomic E-state index is 12.1. The molecule has 1 aromatic rings. The van der Waals surface area contributed by atoms with Gasteiger partial charge in [-0.05, 0) is 99.2 Å². The Morgan fingerprint density at radius 2 is 1.76 bits per heavy atom. The predicted octanol–water partition coefficient (Wildman–Crippen LogP) is 4.27. The average molecular weight is 717 g/mol. The van der Waals surface area contributed by atoms with Gasteiger partial charge >= 0.3 is 21.5 Å². The van der Waals surface area contributed by atoms with Crippen LogP contribution in [0.25, 0.3) is 0 Å². The molecular formula is C13H13F3I3NO4S. The van der Waals surface area contributed by atoms with E-state index in [-0.39, 0.29) is 19.6 Å². The molecule has 0 saturated carbocycles. The van der Waals surface area contributed by atoms with Crippen LogP contribution in [0.2, 0.25) is 0 Å². The van der Waals surface area contributed by atoms with Crippen LogP contribution in [0.5, 0.6) is 0 Å². The number of rotatable bonds is 8. The number of halogens is 6. The molecule has 1 N–H and O–H groups in total. The smallest absolute Gasteiger partial charge is 0.462 e. The SMILES string of the molecule is O=C(OCCCCCNS(=O)(=O)C(F)(F)F)c1cc(I)cc(I)c1I. The first kappa shape index (κ1) is 23.6. The molecule has 142 valence electrons. The number of hydrogen-bond acceptors (Lipinski definition) is 4. The minimum absolute atomic E-state index is 0.114. The Balaban J connectivity index is 2.32. The van der Waals surface area contributed by atoms with Crippen molar-refractivity contribution in [3.8, 4) is 0 Å². The average Bonchev–Trinajstić information content (AvgIpc) is 2.48. The number of sulfonamides is 1. The van der Waals surface area contributed by atoms with Crippen LogP contribution in [0, 0.1) is 10.7 Å². The van der Waals surface area contributed by atoms with Crippen molar-refractivity contribution in [3.05, 3.63) is 28.4 Å². The molecule has 0 aliphatic carbocycles. The van der Waals surface area contributed by atoms with Gasteiger partial charge in [0.1, 0.15) is 0 Å². The molecule has 0 unspecified atom stereocenters. The molecule has 0 spiro atoms. The molecule has 0 radical (unpaired) electrons. The second-order valence-corrected chi connectivity index (χ2v) is 10.0. The molecule has 0 amide bonds. The van der Waals surface area contributed by atoms with E-state index in [0.29, 0.717) is 18.4 Å². The second-order valence-electron chi connectivity index (χ2n) is 4.79. The Morgan fingerprint density at radius 1 is 1.12 bits per heavy atom. The fourth-order valence-electron chi connectivity index (χ4n) is 1.64. The lowest BCUT2D eigenvalue weighted by molar-refractivity contribution is -0.0447. The van der Waals surface area contributed by atoms with E-state index in [2.05, 4.69) is 67.8 Å². The molecule has 0 aliphatic heterocycles. The highest BCUT2D eigenvalue weighted by molar-refractivity contribution is 14.1. The monoisotopic (exact) mass is 717 g/mol. The van der Waals surface area contributed by atoms with Crippen molar-refractivity contribution >= 4 is 83.8 Å².